The van der Waals surface area contributed by atoms with E-state index in [0.717, 1.165) is 0 Å². The fourth-order valence-electron chi connectivity index (χ4n) is 1.79. The van der Waals surface area contributed by atoms with Gasteiger partial charge < -0.3 is 9.84 Å². The zero-order chi connectivity index (χ0) is 13.4. The van der Waals surface area contributed by atoms with E-state index >= 15 is 0 Å². The Balaban J connectivity index is 2.17. The van der Waals surface area contributed by atoms with Gasteiger partial charge >= 0.3 is 0 Å². The Labute approximate surface area is 114 Å². The molecule has 0 saturated heterocycles. The predicted octanol–water partition coefficient (Wildman–Crippen LogP) is 2.79. The van der Waals surface area contributed by atoms with Gasteiger partial charge in [-0.25, -0.2) is 0 Å². The molecule has 0 unspecified atom stereocenters. The van der Waals surface area contributed by atoms with Crippen LogP contribution in [0.1, 0.15) is 0 Å². The van der Waals surface area contributed by atoms with Gasteiger partial charge in [0.05, 0.1) is 7.11 Å². The highest BCUT2D eigenvalue weighted by atomic mass is 35.5. The molecule has 0 radical (unpaired) electrons. The number of rotatable bonds is 2. The predicted molar refractivity (Wildman–Crippen MR) is 72.1 cm³/mol. The molecule has 6 heteroatoms. The fraction of sp³-hybridized carbons (Fsp3) is 0.0769. The third kappa shape index (κ3) is 2.08. The molecule has 1 N–H and O–H groups in total. The lowest BCUT2D eigenvalue weighted by molar-refractivity contribution is 0.415. The SMILES string of the molecule is COc1ccc2nn(-c3cc(Cl)ccc3O)nc2c1. The number of halogens is 1. The lowest BCUT2D eigenvalue weighted by Crippen LogP contribution is -1.98. The van der Waals surface area contributed by atoms with Crippen LogP contribution in [-0.2, 0) is 0 Å². The number of hydrogen-bond acceptors (Lipinski definition) is 4. The largest absolute Gasteiger partial charge is 0.506 e. The molecule has 0 spiro atoms. The summed E-state index contributed by atoms with van der Waals surface area (Å²) in [5.41, 5.74) is 1.82. The number of hydrogen-bond donors (Lipinski definition) is 1. The van der Waals surface area contributed by atoms with E-state index in [1.807, 2.05) is 0 Å². The minimum Gasteiger partial charge on any atom is -0.506 e. The summed E-state index contributed by atoms with van der Waals surface area (Å²) in [6.45, 7) is 0. The van der Waals surface area contributed by atoms with Crippen molar-refractivity contribution in [1.82, 2.24) is 15.0 Å². The average molecular weight is 276 g/mol. The molecule has 0 fully saturated rings. The highest BCUT2D eigenvalue weighted by Crippen LogP contribution is 2.26. The summed E-state index contributed by atoms with van der Waals surface area (Å²) in [5.74, 6) is 0.770. The fourth-order valence-corrected chi connectivity index (χ4v) is 1.95. The zero-order valence-corrected chi connectivity index (χ0v) is 10.8. The lowest BCUT2D eigenvalue weighted by Gasteiger charge is -2.02. The van der Waals surface area contributed by atoms with Crippen molar-refractivity contribution in [3.05, 3.63) is 41.4 Å². The number of phenols is 1. The molecule has 96 valence electrons. The quantitative estimate of drug-likeness (QED) is 0.781. The highest BCUT2D eigenvalue weighted by Gasteiger charge is 2.10. The standard InChI is InChI=1S/C13H10ClN3O2/c1-19-9-3-4-10-11(7-9)16-17(15-10)12-6-8(14)2-5-13(12)18/h2-7,18H,1H3. The van der Waals surface area contributed by atoms with Gasteiger partial charge in [-0.1, -0.05) is 11.6 Å². The van der Waals surface area contributed by atoms with Crippen molar-refractivity contribution in [2.24, 2.45) is 0 Å². The summed E-state index contributed by atoms with van der Waals surface area (Å²) in [4.78, 5) is 1.35. The van der Waals surface area contributed by atoms with Crippen LogP contribution < -0.4 is 4.74 Å². The monoisotopic (exact) mass is 275 g/mol. The summed E-state index contributed by atoms with van der Waals surface area (Å²) in [7, 11) is 1.59. The third-order valence-corrected chi connectivity index (χ3v) is 2.98. The van der Waals surface area contributed by atoms with Crippen LogP contribution in [0.25, 0.3) is 16.7 Å². The summed E-state index contributed by atoms with van der Waals surface area (Å²) in [5, 5.41) is 18.9. The van der Waals surface area contributed by atoms with Gasteiger partial charge in [-0.15, -0.1) is 15.0 Å². The second kappa shape index (κ2) is 4.44. The molecule has 5 nitrogen and oxygen atoms in total. The van der Waals surface area contributed by atoms with E-state index in [4.69, 9.17) is 16.3 Å². The molecule has 1 heterocycles. The summed E-state index contributed by atoms with van der Waals surface area (Å²) in [6.07, 6.45) is 0. The number of methoxy groups -OCH3 is 1. The van der Waals surface area contributed by atoms with Crippen LogP contribution in [0, 0.1) is 0 Å². The van der Waals surface area contributed by atoms with Crippen LogP contribution in [0.5, 0.6) is 11.5 Å². The van der Waals surface area contributed by atoms with Crippen molar-refractivity contribution < 1.29 is 9.84 Å². The topological polar surface area (TPSA) is 60.2 Å². The first-order chi connectivity index (χ1) is 9.17. The number of phenolic OH excluding ortho intramolecular Hbond substituents is 1. The van der Waals surface area contributed by atoms with Crippen LogP contribution in [0.15, 0.2) is 36.4 Å². The van der Waals surface area contributed by atoms with E-state index in [9.17, 15) is 5.11 Å². The summed E-state index contributed by atoms with van der Waals surface area (Å²) in [6, 6.07) is 10.1. The molecule has 0 aliphatic heterocycles. The highest BCUT2D eigenvalue weighted by molar-refractivity contribution is 6.30. The number of aromatic hydroxyl groups is 1. The van der Waals surface area contributed by atoms with E-state index < -0.39 is 0 Å². The molecule has 0 aliphatic carbocycles. The van der Waals surface area contributed by atoms with E-state index in [2.05, 4.69) is 10.2 Å². The normalized spacial score (nSPS) is 10.8. The third-order valence-electron chi connectivity index (χ3n) is 2.74. The summed E-state index contributed by atoms with van der Waals surface area (Å²) < 4.78 is 5.13. The molecule has 0 bridgehead atoms. The second-order valence-electron chi connectivity index (χ2n) is 3.98. The van der Waals surface area contributed by atoms with E-state index in [0.29, 0.717) is 27.5 Å². The minimum absolute atomic E-state index is 0.0664. The van der Waals surface area contributed by atoms with Gasteiger partial charge in [0.15, 0.2) is 0 Å². The molecular formula is C13H10ClN3O2. The second-order valence-corrected chi connectivity index (χ2v) is 4.41. The Hall–Kier alpha value is -2.27. The summed E-state index contributed by atoms with van der Waals surface area (Å²) >= 11 is 5.91. The van der Waals surface area contributed by atoms with Crippen molar-refractivity contribution in [2.75, 3.05) is 7.11 Å². The molecule has 19 heavy (non-hydrogen) atoms. The Bertz CT molecular complexity index is 755. The van der Waals surface area contributed by atoms with Crippen LogP contribution in [0.2, 0.25) is 5.02 Å². The molecule has 3 rings (SSSR count). The maximum Gasteiger partial charge on any atom is 0.143 e. The van der Waals surface area contributed by atoms with Crippen molar-refractivity contribution in [3.8, 4) is 17.2 Å². The lowest BCUT2D eigenvalue weighted by atomic mass is 10.3. The first-order valence-electron chi connectivity index (χ1n) is 5.57. The number of benzene rings is 2. The number of nitrogens with zero attached hydrogens (tertiary/aromatic N) is 3. The molecular weight excluding hydrogens is 266 g/mol. The van der Waals surface area contributed by atoms with Crippen LogP contribution in [0.4, 0.5) is 0 Å². The molecule has 0 aliphatic rings. The van der Waals surface area contributed by atoms with Crippen molar-refractivity contribution in [1.29, 1.82) is 0 Å². The maximum atomic E-state index is 9.83. The van der Waals surface area contributed by atoms with Crippen LogP contribution >= 0.6 is 11.6 Å². The molecule has 0 amide bonds. The van der Waals surface area contributed by atoms with Crippen molar-refractivity contribution >= 4 is 22.6 Å². The number of aromatic nitrogens is 3. The smallest absolute Gasteiger partial charge is 0.143 e. The number of fused-ring (bicyclic) bond motifs is 1. The Morgan fingerprint density at radius 2 is 1.89 bits per heavy atom. The molecule has 0 saturated carbocycles. The van der Waals surface area contributed by atoms with Gasteiger partial charge in [0.25, 0.3) is 0 Å². The van der Waals surface area contributed by atoms with E-state index in [-0.39, 0.29) is 5.75 Å². The van der Waals surface area contributed by atoms with Gasteiger partial charge in [-0.05, 0) is 30.3 Å². The Kier molecular flexibility index (Phi) is 2.76. The van der Waals surface area contributed by atoms with Gasteiger partial charge in [-0.2, -0.15) is 0 Å². The molecule has 0 atom stereocenters. The zero-order valence-electron chi connectivity index (χ0n) is 10.0. The van der Waals surface area contributed by atoms with Gasteiger partial charge in [0, 0.05) is 11.1 Å². The van der Waals surface area contributed by atoms with Crippen LogP contribution in [0.3, 0.4) is 0 Å². The van der Waals surface area contributed by atoms with Crippen molar-refractivity contribution in [3.63, 3.8) is 0 Å². The van der Waals surface area contributed by atoms with Gasteiger partial charge in [0.2, 0.25) is 0 Å². The van der Waals surface area contributed by atoms with Gasteiger partial charge in [-0.3, -0.25) is 0 Å². The number of ether oxygens (including phenoxy) is 1. The first kappa shape index (κ1) is 11.8. The molecule has 2 aromatic carbocycles. The average Bonchev–Trinajstić information content (AvgIpc) is 2.83. The van der Waals surface area contributed by atoms with Crippen LogP contribution in [-0.4, -0.2) is 27.2 Å². The minimum atomic E-state index is 0.0664. The van der Waals surface area contributed by atoms with Crippen molar-refractivity contribution in [2.45, 2.75) is 0 Å². The Morgan fingerprint density at radius 3 is 2.68 bits per heavy atom. The molecule has 1 aromatic heterocycles. The first-order valence-corrected chi connectivity index (χ1v) is 5.95. The van der Waals surface area contributed by atoms with E-state index in [1.165, 1.54) is 10.9 Å². The molecule has 3 aromatic rings. The Morgan fingerprint density at radius 1 is 1.11 bits per heavy atom. The van der Waals surface area contributed by atoms with E-state index in [1.54, 1.807) is 37.4 Å². The van der Waals surface area contributed by atoms with Gasteiger partial charge in [0.1, 0.15) is 28.2 Å². The maximum absolute atomic E-state index is 9.83.